The van der Waals surface area contributed by atoms with Crippen LogP contribution in [0.1, 0.15) is 25.3 Å². The number of aryl methyl sites for hydroxylation is 1. The smallest absolute Gasteiger partial charge is 0.136 e. The summed E-state index contributed by atoms with van der Waals surface area (Å²) in [6.45, 7) is 2.73. The summed E-state index contributed by atoms with van der Waals surface area (Å²) in [4.78, 5) is 11.6. The molecule has 1 aliphatic heterocycles. The van der Waals surface area contributed by atoms with Crippen molar-refractivity contribution in [2.24, 2.45) is 0 Å². The van der Waals surface area contributed by atoms with Crippen LogP contribution in [-0.2, 0) is 16.0 Å². The highest BCUT2D eigenvalue weighted by Gasteiger charge is 2.40. The third kappa shape index (κ3) is 3.17. The van der Waals surface area contributed by atoms with E-state index >= 15 is 0 Å². The molecule has 0 aliphatic carbocycles. The second-order valence-corrected chi connectivity index (χ2v) is 4.44. The van der Waals surface area contributed by atoms with Gasteiger partial charge in [0.25, 0.3) is 0 Å². The molecule has 1 saturated heterocycles. The van der Waals surface area contributed by atoms with Crippen molar-refractivity contribution in [2.45, 2.75) is 31.8 Å². The second kappa shape index (κ2) is 4.15. The molecule has 2 rings (SSSR count). The van der Waals surface area contributed by atoms with Crippen LogP contribution in [0.2, 0.25) is 0 Å². The highest BCUT2D eigenvalue weighted by Crippen LogP contribution is 2.30. The van der Waals surface area contributed by atoms with E-state index in [1.54, 1.807) is 0 Å². The molecule has 2 nitrogen and oxygen atoms in total. The van der Waals surface area contributed by atoms with Gasteiger partial charge in [-0.2, -0.15) is 0 Å². The van der Waals surface area contributed by atoms with Crippen LogP contribution >= 0.6 is 0 Å². The minimum atomic E-state index is -0.131. The van der Waals surface area contributed by atoms with Crippen molar-refractivity contribution in [3.63, 3.8) is 0 Å². The average Bonchev–Trinajstić information content (AvgIpc) is 2.95. The number of benzene rings is 1. The lowest BCUT2D eigenvalue weighted by atomic mass is 10.0. The van der Waals surface area contributed by atoms with E-state index in [9.17, 15) is 4.79 Å². The van der Waals surface area contributed by atoms with Crippen molar-refractivity contribution < 1.29 is 9.53 Å². The molecule has 0 spiro atoms. The van der Waals surface area contributed by atoms with Gasteiger partial charge < -0.3 is 4.74 Å². The standard InChI is InChI=1S/C13H16O2/c1-13(10-15-13)9-12(14)8-7-11-5-3-2-4-6-11/h2-6H,7-10H2,1H3. The number of ketones is 1. The van der Waals surface area contributed by atoms with Gasteiger partial charge in [-0.05, 0) is 18.9 Å². The summed E-state index contributed by atoms with van der Waals surface area (Å²) >= 11 is 0. The van der Waals surface area contributed by atoms with E-state index in [1.807, 2.05) is 25.1 Å². The number of hydrogen-bond acceptors (Lipinski definition) is 2. The summed E-state index contributed by atoms with van der Waals surface area (Å²) in [7, 11) is 0. The topological polar surface area (TPSA) is 29.6 Å². The first kappa shape index (κ1) is 10.4. The molecule has 0 bridgehead atoms. The molecule has 2 heteroatoms. The summed E-state index contributed by atoms with van der Waals surface area (Å²) in [5, 5.41) is 0. The van der Waals surface area contributed by atoms with Crippen LogP contribution in [0.15, 0.2) is 30.3 Å². The van der Waals surface area contributed by atoms with Gasteiger partial charge in [0.05, 0.1) is 12.2 Å². The summed E-state index contributed by atoms with van der Waals surface area (Å²) < 4.78 is 5.20. The van der Waals surface area contributed by atoms with Crippen molar-refractivity contribution >= 4 is 5.78 Å². The normalized spacial score (nSPS) is 23.8. The molecule has 1 unspecified atom stereocenters. The molecule has 0 N–H and O–H groups in total. The van der Waals surface area contributed by atoms with Crippen LogP contribution in [0, 0.1) is 0 Å². The first-order valence-electron chi connectivity index (χ1n) is 5.38. The second-order valence-electron chi connectivity index (χ2n) is 4.44. The molecule has 1 heterocycles. The van der Waals surface area contributed by atoms with Gasteiger partial charge in [0.15, 0.2) is 0 Å². The van der Waals surface area contributed by atoms with Gasteiger partial charge in [-0.25, -0.2) is 0 Å². The predicted octanol–water partition coefficient (Wildman–Crippen LogP) is 2.37. The van der Waals surface area contributed by atoms with Crippen molar-refractivity contribution in [2.75, 3.05) is 6.61 Å². The van der Waals surface area contributed by atoms with Crippen LogP contribution < -0.4 is 0 Å². The molecule has 0 aromatic heterocycles. The SMILES string of the molecule is CC1(CC(=O)CCc2ccccc2)CO1. The summed E-state index contributed by atoms with van der Waals surface area (Å²) in [5.41, 5.74) is 1.10. The van der Waals surface area contributed by atoms with E-state index in [1.165, 1.54) is 5.56 Å². The number of epoxide rings is 1. The van der Waals surface area contributed by atoms with Crippen LogP contribution in [-0.4, -0.2) is 18.0 Å². The summed E-state index contributed by atoms with van der Waals surface area (Å²) in [6, 6.07) is 10.1. The lowest BCUT2D eigenvalue weighted by molar-refractivity contribution is -0.120. The van der Waals surface area contributed by atoms with Gasteiger partial charge >= 0.3 is 0 Å². The number of ether oxygens (including phenoxy) is 1. The van der Waals surface area contributed by atoms with Crippen LogP contribution in [0.25, 0.3) is 0 Å². The van der Waals surface area contributed by atoms with E-state index < -0.39 is 0 Å². The highest BCUT2D eigenvalue weighted by molar-refractivity contribution is 5.80. The Morgan fingerprint density at radius 3 is 2.67 bits per heavy atom. The average molecular weight is 204 g/mol. The molecule has 1 aliphatic rings. The molecule has 0 saturated carbocycles. The van der Waals surface area contributed by atoms with E-state index in [0.717, 1.165) is 13.0 Å². The van der Waals surface area contributed by atoms with Crippen molar-refractivity contribution in [1.82, 2.24) is 0 Å². The van der Waals surface area contributed by atoms with E-state index in [0.29, 0.717) is 18.6 Å². The van der Waals surface area contributed by atoms with E-state index in [4.69, 9.17) is 4.74 Å². The monoisotopic (exact) mass is 204 g/mol. The lowest BCUT2D eigenvalue weighted by Crippen LogP contribution is -2.13. The molecule has 1 fully saturated rings. The quantitative estimate of drug-likeness (QED) is 0.689. The van der Waals surface area contributed by atoms with Crippen molar-refractivity contribution in [3.8, 4) is 0 Å². The van der Waals surface area contributed by atoms with E-state index in [-0.39, 0.29) is 5.60 Å². The zero-order valence-electron chi connectivity index (χ0n) is 9.03. The maximum Gasteiger partial charge on any atom is 0.136 e. The predicted molar refractivity (Wildman–Crippen MR) is 58.7 cm³/mol. The molecule has 0 amide bonds. The number of hydrogen-bond donors (Lipinski definition) is 0. The zero-order valence-corrected chi connectivity index (χ0v) is 9.03. The number of carbonyl (C=O) groups excluding carboxylic acids is 1. The van der Waals surface area contributed by atoms with Gasteiger partial charge in [0.1, 0.15) is 5.78 Å². The van der Waals surface area contributed by atoms with Gasteiger partial charge in [0.2, 0.25) is 0 Å². The Morgan fingerprint density at radius 1 is 1.40 bits per heavy atom. The molecule has 1 aromatic rings. The van der Waals surface area contributed by atoms with Crippen LogP contribution in [0.3, 0.4) is 0 Å². The highest BCUT2D eigenvalue weighted by atomic mass is 16.6. The fourth-order valence-corrected chi connectivity index (χ4v) is 1.66. The molecule has 0 radical (unpaired) electrons. The Morgan fingerprint density at radius 2 is 2.07 bits per heavy atom. The molecule has 1 aromatic carbocycles. The van der Waals surface area contributed by atoms with Gasteiger partial charge in [-0.15, -0.1) is 0 Å². The lowest BCUT2D eigenvalue weighted by Gasteiger charge is -2.04. The molecule has 1 atom stereocenters. The number of Topliss-reactive ketones (excluding diaryl/α,β-unsaturated/α-hetero) is 1. The Bertz CT molecular complexity index is 339. The van der Waals surface area contributed by atoms with Gasteiger partial charge in [-0.3, -0.25) is 4.79 Å². The molecular weight excluding hydrogens is 188 g/mol. The fraction of sp³-hybridized carbons (Fsp3) is 0.462. The Hall–Kier alpha value is -1.15. The molecular formula is C13H16O2. The van der Waals surface area contributed by atoms with E-state index in [2.05, 4.69) is 12.1 Å². The zero-order chi connectivity index (χ0) is 10.7. The van der Waals surface area contributed by atoms with Crippen LogP contribution in [0.5, 0.6) is 0 Å². The third-order valence-corrected chi connectivity index (χ3v) is 2.74. The van der Waals surface area contributed by atoms with Gasteiger partial charge in [0, 0.05) is 12.8 Å². The van der Waals surface area contributed by atoms with Crippen molar-refractivity contribution in [3.05, 3.63) is 35.9 Å². The van der Waals surface area contributed by atoms with Crippen LogP contribution in [0.4, 0.5) is 0 Å². The maximum atomic E-state index is 11.6. The Balaban J connectivity index is 1.76. The number of rotatable bonds is 5. The summed E-state index contributed by atoms with van der Waals surface area (Å²) in [5.74, 6) is 0.304. The molecule has 15 heavy (non-hydrogen) atoms. The fourth-order valence-electron chi connectivity index (χ4n) is 1.66. The first-order valence-corrected chi connectivity index (χ1v) is 5.38. The Kier molecular flexibility index (Phi) is 2.87. The molecule has 80 valence electrons. The summed E-state index contributed by atoms with van der Waals surface area (Å²) in [6.07, 6.45) is 2.04. The minimum Gasteiger partial charge on any atom is -0.369 e. The Labute approximate surface area is 90.3 Å². The van der Waals surface area contributed by atoms with Gasteiger partial charge in [-0.1, -0.05) is 30.3 Å². The maximum absolute atomic E-state index is 11.6. The third-order valence-electron chi connectivity index (χ3n) is 2.74. The van der Waals surface area contributed by atoms with Crippen molar-refractivity contribution in [1.29, 1.82) is 0 Å². The number of carbonyl (C=O) groups is 1. The minimum absolute atomic E-state index is 0.131. The first-order chi connectivity index (χ1) is 7.18. The largest absolute Gasteiger partial charge is 0.369 e.